The number of methoxy groups -OCH3 is 1. The molecule has 1 saturated heterocycles. The average molecular weight is 438 g/mol. The number of hydrogen-bond acceptors (Lipinski definition) is 6. The molecule has 2 amide bonds. The van der Waals surface area contributed by atoms with Crippen molar-refractivity contribution in [3.63, 3.8) is 0 Å². The first-order valence-corrected chi connectivity index (χ1v) is 10.8. The molecule has 0 aliphatic carbocycles. The van der Waals surface area contributed by atoms with E-state index in [1.54, 1.807) is 12.0 Å². The molecule has 1 N–H and O–H groups in total. The number of ether oxygens (including phenoxy) is 1. The molecule has 1 unspecified atom stereocenters. The van der Waals surface area contributed by atoms with Crippen LogP contribution in [0.1, 0.15) is 18.9 Å². The molecule has 3 rings (SSSR count). The van der Waals surface area contributed by atoms with E-state index in [-0.39, 0.29) is 18.2 Å². The third-order valence-corrected chi connectivity index (χ3v) is 6.12. The van der Waals surface area contributed by atoms with Crippen molar-refractivity contribution in [2.24, 2.45) is 5.92 Å². The molecule has 8 nitrogen and oxygen atoms in total. The number of thioether (sulfide) groups is 1. The summed E-state index contributed by atoms with van der Waals surface area (Å²) in [5.74, 6) is 0.387. The Labute approximate surface area is 178 Å². The summed E-state index contributed by atoms with van der Waals surface area (Å²) in [6, 6.07) is 7.66. The second kappa shape index (κ2) is 10.1. The van der Waals surface area contributed by atoms with Crippen LogP contribution in [-0.2, 0) is 26.6 Å². The van der Waals surface area contributed by atoms with Crippen LogP contribution in [0.2, 0.25) is 5.02 Å². The highest BCUT2D eigenvalue weighted by Gasteiger charge is 2.34. The molecule has 1 fully saturated rings. The lowest BCUT2D eigenvalue weighted by molar-refractivity contribution is -0.128. The third-order valence-electron chi connectivity index (χ3n) is 4.73. The Morgan fingerprint density at radius 1 is 1.38 bits per heavy atom. The molecule has 156 valence electrons. The van der Waals surface area contributed by atoms with Crippen molar-refractivity contribution in [1.29, 1.82) is 0 Å². The smallest absolute Gasteiger partial charge is 0.232 e. The van der Waals surface area contributed by atoms with Gasteiger partial charge in [0.05, 0.1) is 12.5 Å². The summed E-state index contributed by atoms with van der Waals surface area (Å²) in [7, 11) is 1.59. The van der Waals surface area contributed by atoms with E-state index in [9.17, 15) is 9.59 Å². The molecule has 0 saturated carbocycles. The minimum absolute atomic E-state index is 0.0323. The normalized spacial score (nSPS) is 16.4. The summed E-state index contributed by atoms with van der Waals surface area (Å²) in [6.45, 7) is 3.91. The molecule has 0 bridgehead atoms. The molecule has 10 heteroatoms. The molecule has 0 spiro atoms. The van der Waals surface area contributed by atoms with Gasteiger partial charge in [-0.2, -0.15) is 0 Å². The number of carbonyl (C=O) groups is 2. The van der Waals surface area contributed by atoms with Gasteiger partial charge in [0.1, 0.15) is 0 Å². The zero-order valence-corrected chi connectivity index (χ0v) is 18.0. The van der Waals surface area contributed by atoms with Crippen LogP contribution in [0.25, 0.3) is 0 Å². The van der Waals surface area contributed by atoms with E-state index >= 15 is 0 Å². The van der Waals surface area contributed by atoms with Gasteiger partial charge < -0.3 is 9.64 Å². The van der Waals surface area contributed by atoms with Crippen LogP contribution < -0.4 is 5.32 Å². The Morgan fingerprint density at radius 3 is 2.90 bits per heavy atom. The summed E-state index contributed by atoms with van der Waals surface area (Å²) in [5, 5.41) is 12.6. The number of nitrogens with one attached hydrogen (secondary N) is 1. The lowest BCUT2D eigenvalue weighted by Crippen LogP contribution is -2.31. The van der Waals surface area contributed by atoms with Crippen LogP contribution >= 0.6 is 23.4 Å². The molecule has 1 aromatic carbocycles. The first-order chi connectivity index (χ1) is 14.0. The van der Waals surface area contributed by atoms with Gasteiger partial charge in [-0.15, -0.1) is 10.2 Å². The highest BCUT2D eigenvalue weighted by atomic mass is 35.5. The summed E-state index contributed by atoms with van der Waals surface area (Å²) in [5.41, 5.74) is 1.01. The van der Waals surface area contributed by atoms with Crippen LogP contribution in [0, 0.1) is 5.92 Å². The van der Waals surface area contributed by atoms with Gasteiger partial charge in [-0.3, -0.25) is 19.5 Å². The maximum Gasteiger partial charge on any atom is 0.232 e. The van der Waals surface area contributed by atoms with Crippen molar-refractivity contribution in [3.05, 3.63) is 34.9 Å². The van der Waals surface area contributed by atoms with Gasteiger partial charge in [-0.1, -0.05) is 41.6 Å². The molecular formula is C19H24ClN5O3S. The van der Waals surface area contributed by atoms with Crippen LogP contribution in [0.3, 0.4) is 0 Å². The zero-order valence-electron chi connectivity index (χ0n) is 16.4. The molecule has 1 atom stereocenters. The van der Waals surface area contributed by atoms with Crippen molar-refractivity contribution in [2.75, 3.05) is 32.1 Å². The van der Waals surface area contributed by atoms with E-state index in [4.69, 9.17) is 16.3 Å². The predicted molar refractivity (Wildman–Crippen MR) is 112 cm³/mol. The van der Waals surface area contributed by atoms with Crippen molar-refractivity contribution in [2.45, 2.75) is 30.8 Å². The summed E-state index contributed by atoms with van der Waals surface area (Å²) in [4.78, 5) is 26.4. The van der Waals surface area contributed by atoms with Crippen LogP contribution in [-0.4, -0.2) is 58.3 Å². The highest BCUT2D eigenvalue weighted by molar-refractivity contribution is 7.98. The van der Waals surface area contributed by atoms with Crippen LogP contribution in [0.15, 0.2) is 29.4 Å². The topological polar surface area (TPSA) is 89.4 Å². The van der Waals surface area contributed by atoms with E-state index in [2.05, 4.69) is 15.5 Å². The van der Waals surface area contributed by atoms with Gasteiger partial charge >= 0.3 is 0 Å². The number of nitrogens with zero attached hydrogens (tertiary/aromatic N) is 4. The maximum atomic E-state index is 12.7. The second-order valence-corrected chi connectivity index (χ2v) is 8.00. The SMILES string of the molecule is CCn1c(NC(=O)C2CC(=O)N(CCOC)C2)nnc1SCc1ccccc1Cl. The largest absolute Gasteiger partial charge is 0.383 e. The summed E-state index contributed by atoms with van der Waals surface area (Å²) >= 11 is 7.72. The number of aromatic nitrogens is 3. The number of anilines is 1. The third kappa shape index (κ3) is 5.29. The van der Waals surface area contributed by atoms with Crippen molar-refractivity contribution >= 4 is 41.1 Å². The molecular weight excluding hydrogens is 414 g/mol. The number of halogens is 1. The minimum atomic E-state index is -0.402. The lowest BCUT2D eigenvalue weighted by Gasteiger charge is -2.15. The fourth-order valence-corrected chi connectivity index (χ4v) is 4.40. The molecule has 0 radical (unpaired) electrons. The molecule has 2 aromatic rings. The monoisotopic (exact) mass is 437 g/mol. The van der Waals surface area contributed by atoms with Gasteiger partial charge in [0, 0.05) is 43.9 Å². The molecule has 29 heavy (non-hydrogen) atoms. The van der Waals surface area contributed by atoms with Crippen molar-refractivity contribution in [1.82, 2.24) is 19.7 Å². The molecule has 2 heterocycles. The Bertz CT molecular complexity index is 875. The van der Waals surface area contributed by atoms with E-state index in [1.807, 2.05) is 35.8 Å². The van der Waals surface area contributed by atoms with E-state index < -0.39 is 5.92 Å². The zero-order chi connectivity index (χ0) is 20.8. The molecule has 1 aliphatic rings. The summed E-state index contributed by atoms with van der Waals surface area (Å²) < 4.78 is 6.86. The van der Waals surface area contributed by atoms with E-state index in [1.165, 1.54) is 11.8 Å². The first kappa shape index (κ1) is 21.6. The van der Waals surface area contributed by atoms with Gasteiger partial charge in [0.2, 0.25) is 17.8 Å². The van der Waals surface area contributed by atoms with Crippen LogP contribution in [0.4, 0.5) is 5.95 Å². The number of likely N-dealkylation sites (tertiary alicyclic amines) is 1. The number of rotatable bonds is 9. The molecule has 1 aliphatic heterocycles. The quantitative estimate of drug-likeness (QED) is 0.606. The fraction of sp³-hybridized carbons (Fsp3) is 0.474. The minimum Gasteiger partial charge on any atom is -0.383 e. The Kier molecular flexibility index (Phi) is 7.51. The number of benzene rings is 1. The number of carbonyl (C=O) groups excluding carboxylic acids is 2. The molecule has 1 aromatic heterocycles. The van der Waals surface area contributed by atoms with Gasteiger partial charge in [0.15, 0.2) is 5.16 Å². The van der Waals surface area contributed by atoms with Crippen LogP contribution in [0.5, 0.6) is 0 Å². The highest BCUT2D eigenvalue weighted by Crippen LogP contribution is 2.27. The maximum absolute atomic E-state index is 12.7. The predicted octanol–water partition coefficient (Wildman–Crippen LogP) is 2.68. The lowest BCUT2D eigenvalue weighted by atomic mass is 10.1. The van der Waals surface area contributed by atoms with Crippen molar-refractivity contribution < 1.29 is 14.3 Å². The van der Waals surface area contributed by atoms with E-state index in [0.717, 1.165) is 5.56 Å². The summed E-state index contributed by atoms with van der Waals surface area (Å²) in [6.07, 6.45) is 0.198. The number of hydrogen-bond donors (Lipinski definition) is 1. The Hall–Kier alpha value is -2.10. The average Bonchev–Trinajstić information content (AvgIpc) is 3.28. The standard InChI is InChI=1S/C19H24ClN5O3S/c1-3-25-18(21-17(27)14-10-16(26)24(11-14)8-9-28-2)22-23-19(25)29-12-13-6-4-5-7-15(13)20/h4-7,14H,3,8-12H2,1-2H3,(H,21,22,27). The number of amides is 2. The fourth-order valence-electron chi connectivity index (χ4n) is 3.11. The van der Waals surface area contributed by atoms with Gasteiger partial charge in [-0.25, -0.2) is 0 Å². The first-order valence-electron chi connectivity index (χ1n) is 9.40. The van der Waals surface area contributed by atoms with E-state index in [0.29, 0.717) is 48.1 Å². The second-order valence-electron chi connectivity index (χ2n) is 6.65. The Morgan fingerprint density at radius 2 is 2.17 bits per heavy atom. The Balaban J connectivity index is 1.62. The van der Waals surface area contributed by atoms with Crippen molar-refractivity contribution in [3.8, 4) is 0 Å². The van der Waals surface area contributed by atoms with Gasteiger partial charge in [-0.05, 0) is 18.6 Å². The van der Waals surface area contributed by atoms with Gasteiger partial charge in [0.25, 0.3) is 0 Å².